The van der Waals surface area contributed by atoms with E-state index in [4.69, 9.17) is 23.2 Å². The van der Waals surface area contributed by atoms with Gasteiger partial charge in [0.1, 0.15) is 0 Å². The molecule has 1 heterocycles. The van der Waals surface area contributed by atoms with E-state index in [1.165, 1.54) is 11.8 Å². The number of thioether (sulfide) groups is 1. The van der Waals surface area contributed by atoms with Crippen LogP contribution in [0.4, 0.5) is 5.69 Å². The lowest BCUT2D eigenvalue weighted by Gasteiger charge is -2.13. The van der Waals surface area contributed by atoms with Crippen molar-refractivity contribution < 1.29 is 4.79 Å². The van der Waals surface area contributed by atoms with Gasteiger partial charge >= 0.3 is 0 Å². The molecule has 2 aromatic carbocycles. The summed E-state index contributed by atoms with van der Waals surface area (Å²) in [7, 11) is 1.88. The van der Waals surface area contributed by atoms with Gasteiger partial charge in [-0.25, -0.2) is 0 Å². The van der Waals surface area contributed by atoms with Gasteiger partial charge in [-0.1, -0.05) is 65.3 Å². The van der Waals surface area contributed by atoms with Crippen LogP contribution in [0.5, 0.6) is 0 Å². The molecular weight excluding hydrogens is 391 g/mol. The number of carbonyl (C=O) groups excluding carboxylic acids is 1. The van der Waals surface area contributed by atoms with E-state index in [2.05, 4.69) is 15.5 Å². The van der Waals surface area contributed by atoms with Crippen molar-refractivity contribution in [1.82, 2.24) is 14.8 Å². The van der Waals surface area contributed by atoms with Crippen LogP contribution in [0.15, 0.2) is 53.7 Å². The number of hydrogen-bond donors (Lipinski definition) is 1. The van der Waals surface area contributed by atoms with Crippen LogP contribution in [0.3, 0.4) is 0 Å². The fraction of sp³-hybridized carbons (Fsp3) is 0.167. The highest BCUT2D eigenvalue weighted by atomic mass is 35.5. The quantitative estimate of drug-likeness (QED) is 0.611. The molecule has 1 unspecified atom stereocenters. The number of benzene rings is 2. The van der Waals surface area contributed by atoms with E-state index in [0.29, 0.717) is 20.9 Å². The lowest BCUT2D eigenvalue weighted by Crippen LogP contribution is -2.23. The van der Waals surface area contributed by atoms with Gasteiger partial charge in [-0.05, 0) is 25.1 Å². The van der Waals surface area contributed by atoms with Crippen molar-refractivity contribution in [3.8, 4) is 11.4 Å². The number of aromatic nitrogens is 3. The van der Waals surface area contributed by atoms with Gasteiger partial charge < -0.3 is 9.88 Å². The van der Waals surface area contributed by atoms with Gasteiger partial charge in [0.2, 0.25) is 5.91 Å². The third kappa shape index (κ3) is 4.20. The molecule has 0 bridgehead atoms. The Hall–Kier alpha value is -2.02. The summed E-state index contributed by atoms with van der Waals surface area (Å²) >= 11 is 13.4. The van der Waals surface area contributed by atoms with Gasteiger partial charge in [0.25, 0.3) is 0 Å². The van der Waals surface area contributed by atoms with Crippen molar-refractivity contribution >= 4 is 46.6 Å². The monoisotopic (exact) mass is 406 g/mol. The van der Waals surface area contributed by atoms with E-state index in [0.717, 1.165) is 11.4 Å². The molecule has 0 saturated carbocycles. The highest BCUT2D eigenvalue weighted by Gasteiger charge is 2.20. The van der Waals surface area contributed by atoms with Crippen LogP contribution in [-0.4, -0.2) is 25.9 Å². The number of nitrogens with zero attached hydrogens (tertiary/aromatic N) is 3. The summed E-state index contributed by atoms with van der Waals surface area (Å²) in [6.45, 7) is 1.80. The van der Waals surface area contributed by atoms with E-state index >= 15 is 0 Å². The molecule has 0 aliphatic heterocycles. The number of amides is 1. The molecule has 5 nitrogen and oxygen atoms in total. The number of rotatable bonds is 5. The Morgan fingerprint density at radius 2 is 1.88 bits per heavy atom. The van der Waals surface area contributed by atoms with Gasteiger partial charge in [0, 0.05) is 17.6 Å². The van der Waals surface area contributed by atoms with Crippen molar-refractivity contribution in [3.05, 3.63) is 58.6 Å². The average molecular weight is 407 g/mol. The van der Waals surface area contributed by atoms with Gasteiger partial charge in [0.15, 0.2) is 11.0 Å². The lowest BCUT2D eigenvalue weighted by molar-refractivity contribution is -0.115. The zero-order valence-electron chi connectivity index (χ0n) is 14.1. The SMILES string of the molecule is CC(Sc1nnc(-c2ccccc2)n1C)C(=O)Nc1cc(Cl)ccc1Cl. The van der Waals surface area contributed by atoms with Crippen molar-refractivity contribution in [2.45, 2.75) is 17.3 Å². The molecule has 0 aliphatic rings. The Morgan fingerprint density at radius 3 is 2.62 bits per heavy atom. The fourth-order valence-corrected chi connectivity index (χ4v) is 3.45. The minimum Gasteiger partial charge on any atom is -0.324 e. The summed E-state index contributed by atoms with van der Waals surface area (Å²) in [5.74, 6) is 0.557. The standard InChI is InChI=1S/C18H16Cl2N4OS/c1-11(17(25)21-15-10-13(19)8-9-14(15)20)26-18-23-22-16(24(18)2)12-6-4-3-5-7-12/h3-11H,1-2H3,(H,21,25). The second-order valence-electron chi connectivity index (χ2n) is 5.60. The van der Waals surface area contributed by atoms with Crippen LogP contribution in [0.25, 0.3) is 11.4 Å². The maximum absolute atomic E-state index is 12.5. The molecule has 134 valence electrons. The molecule has 0 spiro atoms. The molecular formula is C18H16Cl2N4OS. The summed E-state index contributed by atoms with van der Waals surface area (Å²) in [6, 6.07) is 14.7. The molecule has 1 N–H and O–H groups in total. The number of carbonyl (C=O) groups is 1. The van der Waals surface area contributed by atoms with E-state index in [9.17, 15) is 4.79 Å². The summed E-state index contributed by atoms with van der Waals surface area (Å²) in [5.41, 5.74) is 1.46. The van der Waals surface area contributed by atoms with Crippen molar-refractivity contribution in [2.75, 3.05) is 5.32 Å². The number of anilines is 1. The van der Waals surface area contributed by atoms with E-state index in [-0.39, 0.29) is 5.91 Å². The highest BCUT2D eigenvalue weighted by Crippen LogP contribution is 2.29. The predicted molar refractivity (Wildman–Crippen MR) is 107 cm³/mol. The first-order valence-corrected chi connectivity index (χ1v) is 9.46. The molecule has 1 aromatic heterocycles. The summed E-state index contributed by atoms with van der Waals surface area (Å²) in [6.07, 6.45) is 0. The third-order valence-corrected chi connectivity index (χ3v) is 5.40. The normalized spacial score (nSPS) is 12.0. The average Bonchev–Trinajstić information content (AvgIpc) is 2.99. The molecule has 0 saturated heterocycles. The molecule has 0 fully saturated rings. The second kappa shape index (κ2) is 8.12. The second-order valence-corrected chi connectivity index (χ2v) is 7.76. The molecule has 1 amide bonds. The topological polar surface area (TPSA) is 59.8 Å². The first kappa shape index (κ1) is 18.8. The van der Waals surface area contributed by atoms with Crippen molar-refractivity contribution in [3.63, 3.8) is 0 Å². The molecule has 26 heavy (non-hydrogen) atoms. The van der Waals surface area contributed by atoms with Crippen molar-refractivity contribution in [2.24, 2.45) is 7.05 Å². The zero-order chi connectivity index (χ0) is 18.7. The number of halogens is 2. The largest absolute Gasteiger partial charge is 0.324 e. The fourth-order valence-electron chi connectivity index (χ4n) is 2.30. The Morgan fingerprint density at radius 1 is 1.15 bits per heavy atom. The van der Waals surface area contributed by atoms with Gasteiger partial charge in [0.05, 0.1) is 16.0 Å². The molecule has 1 atom stereocenters. The van der Waals surface area contributed by atoms with E-state index < -0.39 is 5.25 Å². The third-order valence-electron chi connectivity index (χ3n) is 3.70. The lowest BCUT2D eigenvalue weighted by atomic mass is 10.2. The van der Waals surface area contributed by atoms with E-state index in [1.807, 2.05) is 41.9 Å². The van der Waals surface area contributed by atoms with Crippen LogP contribution >= 0.6 is 35.0 Å². The molecule has 3 rings (SSSR count). The molecule has 3 aromatic rings. The Labute approximate surface area is 165 Å². The number of nitrogens with one attached hydrogen (secondary N) is 1. The minimum absolute atomic E-state index is 0.191. The van der Waals surface area contributed by atoms with Crippen LogP contribution in [0.2, 0.25) is 10.0 Å². The van der Waals surface area contributed by atoms with Gasteiger partial charge in [-0.15, -0.1) is 10.2 Å². The molecule has 0 radical (unpaired) electrons. The van der Waals surface area contributed by atoms with Crippen LogP contribution < -0.4 is 5.32 Å². The maximum atomic E-state index is 12.5. The highest BCUT2D eigenvalue weighted by molar-refractivity contribution is 8.00. The minimum atomic E-state index is -0.392. The van der Waals surface area contributed by atoms with Crippen LogP contribution in [-0.2, 0) is 11.8 Å². The first-order valence-electron chi connectivity index (χ1n) is 7.83. The Kier molecular flexibility index (Phi) is 5.86. The first-order chi connectivity index (χ1) is 12.5. The summed E-state index contributed by atoms with van der Waals surface area (Å²) in [4.78, 5) is 12.5. The Balaban J connectivity index is 1.72. The predicted octanol–water partition coefficient (Wildman–Crippen LogP) is 4.91. The molecule has 8 heteroatoms. The summed E-state index contributed by atoms with van der Waals surface area (Å²) < 4.78 is 1.87. The number of hydrogen-bond acceptors (Lipinski definition) is 4. The smallest absolute Gasteiger partial charge is 0.237 e. The van der Waals surface area contributed by atoms with Crippen molar-refractivity contribution in [1.29, 1.82) is 0 Å². The maximum Gasteiger partial charge on any atom is 0.237 e. The zero-order valence-corrected chi connectivity index (χ0v) is 16.4. The van der Waals surface area contributed by atoms with Gasteiger partial charge in [-0.2, -0.15) is 0 Å². The molecule has 0 aliphatic carbocycles. The Bertz CT molecular complexity index is 930. The van der Waals surface area contributed by atoms with E-state index in [1.54, 1.807) is 25.1 Å². The van der Waals surface area contributed by atoms with Gasteiger partial charge in [-0.3, -0.25) is 4.79 Å². The summed E-state index contributed by atoms with van der Waals surface area (Å²) in [5, 5.41) is 12.4. The van der Waals surface area contributed by atoms with Crippen LogP contribution in [0, 0.1) is 0 Å². The van der Waals surface area contributed by atoms with Crippen LogP contribution in [0.1, 0.15) is 6.92 Å².